The van der Waals surface area contributed by atoms with Crippen molar-refractivity contribution in [1.29, 1.82) is 0 Å². The van der Waals surface area contributed by atoms with Gasteiger partial charge in [0, 0.05) is 36.6 Å². The van der Waals surface area contributed by atoms with Crippen LogP contribution in [0.2, 0.25) is 0 Å². The Hall–Kier alpha value is -1.74. The number of carbonyl (C=O) groups excluding carboxylic acids is 1. The van der Waals surface area contributed by atoms with Gasteiger partial charge in [0.25, 0.3) is 5.91 Å². The van der Waals surface area contributed by atoms with Crippen LogP contribution < -0.4 is 5.32 Å². The first-order chi connectivity index (χ1) is 13.5. The lowest BCUT2D eigenvalue weighted by Crippen LogP contribution is -2.36. The van der Waals surface area contributed by atoms with Crippen molar-refractivity contribution in [3.63, 3.8) is 0 Å². The largest absolute Gasteiger partial charge is 0.351 e. The van der Waals surface area contributed by atoms with Gasteiger partial charge in [0.05, 0.1) is 4.90 Å². The second kappa shape index (κ2) is 9.17. The van der Waals surface area contributed by atoms with Gasteiger partial charge >= 0.3 is 0 Å². The Morgan fingerprint density at radius 1 is 1.25 bits per heavy atom. The number of likely N-dealkylation sites (N-methyl/N-ethyl adjacent to an activating group) is 1. The number of nitrogens with zero attached hydrogens (tertiary/aromatic N) is 2. The Morgan fingerprint density at radius 3 is 2.79 bits per heavy atom. The highest BCUT2D eigenvalue weighted by Gasteiger charge is 2.29. The van der Waals surface area contributed by atoms with E-state index in [1.54, 1.807) is 29.5 Å². The third-order valence-corrected chi connectivity index (χ3v) is 7.98. The second-order valence-corrected chi connectivity index (χ2v) is 9.71. The number of hydrogen-bond donors (Lipinski definition) is 1. The van der Waals surface area contributed by atoms with Crippen molar-refractivity contribution in [2.45, 2.75) is 31.7 Å². The van der Waals surface area contributed by atoms with Crippen molar-refractivity contribution < 1.29 is 13.2 Å². The van der Waals surface area contributed by atoms with Crippen LogP contribution in [-0.2, 0) is 23.0 Å². The molecule has 1 aromatic heterocycles. The van der Waals surface area contributed by atoms with E-state index in [1.165, 1.54) is 15.2 Å². The van der Waals surface area contributed by atoms with Gasteiger partial charge in [0.15, 0.2) is 0 Å². The standard InChI is InChI=1S/C20H27N3O3S2/c1-3-22(4-2)12-10-21-20(24)16-6-5-7-18(14-16)28(25,26)23-11-8-19-17(15-23)9-13-27-19/h5-7,9,13-14H,3-4,8,10-12,15H2,1-2H3,(H,21,24). The number of thiophene rings is 1. The van der Waals surface area contributed by atoms with Crippen molar-refractivity contribution in [1.82, 2.24) is 14.5 Å². The van der Waals surface area contributed by atoms with Crippen LogP contribution in [0.15, 0.2) is 40.6 Å². The molecule has 0 aliphatic carbocycles. The molecular formula is C20H27N3O3S2. The summed E-state index contributed by atoms with van der Waals surface area (Å²) < 4.78 is 27.6. The minimum absolute atomic E-state index is 0.169. The Labute approximate surface area is 171 Å². The van der Waals surface area contributed by atoms with E-state index in [-0.39, 0.29) is 10.8 Å². The third-order valence-electron chi connectivity index (χ3n) is 5.11. The van der Waals surface area contributed by atoms with E-state index in [4.69, 9.17) is 0 Å². The molecule has 6 nitrogen and oxygen atoms in total. The molecule has 152 valence electrons. The predicted molar refractivity (Wildman–Crippen MR) is 112 cm³/mol. The first-order valence-corrected chi connectivity index (χ1v) is 11.9. The highest BCUT2D eigenvalue weighted by atomic mass is 32.2. The molecule has 0 saturated carbocycles. The first-order valence-electron chi connectivity index (χ1n) is 9.61. The van der Waals surface area contributed by atoms with E-state index >= 15 is 0 Å². The number of benzene rings is 1. The lowest BCUT2D eigenvalue weighted by molar-refractivity contribution is 0.0948. The van der Waals surface area contributed by atoms with Crippen molar-refractivity contribution in [2.24, 2.45) is 0 Å². The van der Waals surface area contributed by atoms with Gasteiger partial charge in [-0.1, -0.05) is 19.9 Å². The van der Waals surface area contributed by atoms with Crippen molar-refractivity contribution in [3.05, 3.63) is 51.7 Å². The summed E-state index contributed by atoms with van der Waals surface area (Å²) in [4.78, 5) is 16.1. The lowest BCUT2D eigenvalue weighted by atomic mass is 10.1. The number of rotatable bonds is 8. The van der Waals surface area contributed by atoms with E-state index in [0.717, 1.165) is 31.6 Å². The molecular weight excluding hydrogens is 394 g/mol. The average Bonchev–Trinajstić information content (AvgIpc) is 3.19. The van der Waals surface area contributed by atoms with Crippen LogP contribution in [0.25, 0.3) is 0 Å². The third kappa shape index (κ3) is 4.63. The van der Waals surface area contributed by atoms with Crippen molar-refractivity contribution in [3.8, 4) is 0 Å². The fourth-order valence-corrected chi connectivity index (χ4v) is 5.70. The number of carbonyl (C=O) groups is 1. The molecule has 1 N–H and O–H groups in total. The van der Waals surface area contributed by atoms with Gasteiger partial charge in [-0.2, -0.15) is 4.31 Å². The molecule has 2 aromatic rings. The summed E-state index contributed by atoms with van der Waals surface area (Å²) in [5.41, 5.74) is 1.44. The van der Waals surface area contributed by atoms with Gasteiger partial charge < -0.3 is 10.2 Å². The highest BCUT2D eigenvalue weighted by molar-refractivity contribution is 7.89. The summed E-state index contributed by atoms with van der Waals surface area (Å²) in [7, 11) is -3.63. The maximum Gasteiger partial charge on any atom is 0.251 e. The number of sulfonamides is 1. The second-order valence-electron chi connectivity index (χ2n) is 6.77. The normalized spacial score (nSPS) is 14.8. The molecule has 1 aromatic carbocycles. The fraction of sp³-hybridized carbons (Fsp3) is 0.450. The Morgan fingerprint density at radius 2 is 2.04 bits per heavy atom. The van der Waals surface area contributed by atoms with Crippen LogP contribution in [0.3, 0.4) is 0 Å². The Kier molecular flexibility index (Phi) is 6.87. The van der Waals surface area contributed by atoms with E-state index in [9.17, 15) is 13.2 Å². The van der Waals surface area contributed by atoms with Crippen molar-refractivity contribution in [2.75, 3.05) is 32.7 Å². The Balaban J connectivity index is 1.69. The lowest BCUT2D eigenvalue weighted by Gasteiger charge is -2.26. The number of nitrogens with one attached hydrogen (secondary N) is 1. The smallest absolute Gasteiger partial charge is 0.251 e. The summed E-state index contributed by atoms with van der Waals surface area (Å²) in [5.74, 6) is -0.247. The minimum atomic E-state index is -3.63. The zero-order valence-electron chi connectivity index (χ0n) is 16.3. The summed E-state index contributed by atoms with van der Waals surface area (Å²) in [6, 6.07) is 8.31. The van der Waals surface area contributed by atoms with Crippen LogP contribution in [0.5, 0.6) is 0 Å². The summed E-state index contributed by atoms with van der Waals surface area (Å²) in [6.07, 6.45) is 0.734. The minimum Gasteiger partial charge on any atom is -0.351 e. The highest BCUT2D eigenvalue weighted by Crippen LogP contribution is 2.28. The molecule has 28 heavy (non-hydrogen) atoms. The zero-order valence-corrected chi connectivity index (χ0v) is 18.0. The summed E-state index contributed by atoms with van der Waals surface area (Å²) in [5, 5.41) is 4.88. The molecule has 0 saturated heterocycles. The molecule has 0 bridgehead atoms. The molecule has 2 heterocycles. The van der Waals surface area contributed by atoms with Gasteiger partial charge in [0.1, 0.15) is 0 Å². The van der Waals surface area contributed by atoms with Crippen LogP contribution >= 0.6 is 11.3 Å². The van der Waals surface area contributed by atoms with E-state index < -0.39 is 10.0 Å². The van der Waals surface area contributed by atoms with Crippen LogP contribution in [-0.4, -0.2) is 56.3 Å². The molecule has 1 aliphatic heterocycles. The molecule has 0 fully saturated rings. The summed E-state index contributed by atoms with van der Waals surface area (Å²) >= 11 is 1.68. The van der Waals surface area contributed by atoms with E-state index in [2.05, 4.69) is 24.1 Å². The van der Waals surface area contributed by atoms with Gasteiger partial charge in [-0.15, -0.1) is 11.3 Å². The first kappa shape index (κ1) is 21.0. The molecule has 1 aliphatic rings. The van der Waals surface area contributed by atoms with Gasteiger partial charge in [0.2, 0.25) is 10.0 Å². The number of amides is 1. The maximum absolute atomic E-state index is 13.1. The van der Waals surface area contributed by atoms with Crippen LogP contribution in [0.4, 0.5) is 0 Å². The molecule has 0 spiro atoms. The SMILES string of the molecule is CCN(CC)CCNC(=O)c1cccc(S(=O)(=O)N2CCc3sccc3C2)c1. The van der Waals surface area contributed by atoms with E-state index in [1.807, 2.05) is 11.4 Å². The van der Waals surface area contributed by atoms with Crippen LogP contribution in [0, 0.1) is 0 Å². The topological polar surface area (TPSA) is 69.7 Å². The van der Waals surface area contributed by atoms with Gasteiger partial charge in [-0.25, -0.2) is 8.42 Å². The van der Waals surface area contributed by atoms with Gasteiger partial charge in [-0.05, 0) is 54.7 Å². The zero-order chi connectivity index (χ0) is 20.1. The van der Waals surface area contributed by atoms with Crippen molar-refractivity contribution >= 4 is 27.3 Å². The maximum atomic E-state index is 13.1. The molecule has 0 atom stereocenters. The molecule has 3 rings (SSSR count). The number of fused-ring (bicyclic) bond motifs is 1. The monoisotopic (exact) mass is 421 g/mol. The molecule has 0 unspecified atom stereocenters. The quantitative estimate of drug-likeness (QED) is 0.711. The molecule has 0 radical (unpaired) electrons. The number of hydrogen-bond acceptors (Lipinski definition) is 5. The van der Waals surface area contributed by atoms with Gasteiger partial charge in [-0.3, -0.25) is 4.79 Å². The van der Waals surface area contributed by atoms with E-state index in [0.29, 0.717) is 25.2 Å². The van der Waals surface area contributed by atoms with Crippen LogP contribution in [0.1, 0.15) is 34.6 Å². The fourth-order valence-electron chi connectivity index (χ4n) is 3.34. The Bertz CT molecular complexity index is 920. The molecule has 1 amide bonds. The average molecular weight is 422 g/mol. The summed E-state index contributed by atoms with van der Waals surface area (Å²) in [6.45, 7) is 8.19. The predicted octanol–water partition coefficient (Wildman–Crippen LogP) is 2.57. The molecule has 8 heteroatoms.